The van der Waals surface area contributed by atoms with E-state index in [9.17, 15) is 9.18 Å². The fourth-order valence-electron chi connectivity index (χ4n) is 2.65. The van der Waals surface area contributed by atoms with Gasteiger partial charge in [-0.15, -0.1) is 0 Å². The van der Waals surface area contributed by atoms with Gasteiger partial charge in [-0.1, -0.05) is 30.3 Å². The number of carbonyl (C=O) groups is 1. The van der Waals surface area contributed by atoms with E-state index in [0.717, 1.165) is 11.0 Å². The lowest BCUT2D eigenvalue weighted by atomic mass is 10.2. The third-order valence-corrected chi connectivity index (χ3v) is 3.87. The van der Waals surface area contributed by atoms with Gasteiger partial charge in [-0.05, 0) is 42.5 Å². The van der Waals surface area contributed by atoms with Crippen molar-refractivity contribution in [2.75, 3.05) is 5.32 Å². The standard InChI is InChI=1S/C20H14FN3O/c21-15-8-4-7-14(11-15)19-23-17-10-9-16(12-18(17)24-19)22-20(25)13-5-2-1-3-6-13/h1-12H,(H,22,25)(H,23,24). The van der Waals surface area contributed by atoms with Crippen LogP contribution in [0.3, 0.4) is 0 Å². The Morgan fingerprint density at radius 2 is 1.80 bits per heavy atom. The van der Waals surface area contributed by atoms with Crippen molar-refractivity contribution in [3.05, 3.63) is 84.2 Å². The van der Waals surface area contributed by atoms with Crippen molar-refractivity contribution >= 4 is 22.6 Å². The Balaban J connectivity index is 1.63. The second kappa shape index (κ2) is 6.20. The average Bonchev–Trinajstić information content (AvgIpc) is 3.06. The molecule has 0 bridgehead atoms. The fourth-order valence-corrected chi connectivity index (χ4v) is 2.65. The molecule has 0 aliphatic carbocycles. The third-order valence-electron chi connectivity index (χ3n) is 3.87. The van der Waals surface area contributed by atoms with E-state index in [-0.39, 0.29) is 11.7 Å². The Hall–Kier alpha value is -3.47. The highest BCUT2D eigenvalue weighted by atomic mass is 19.1. The summed E-state index contributed by atoms with van der Waals surface area (Å²) in [6.45, 7) is 0. The van der Waals surface area contributed by atoms with Gasteiger partial charge < -0.3 is 10.3 Å². The van der Waals surface area contributed by atoms with Gasteiger partial charge in [0, 0.05) is 16.8 Å². The van der Waals surface area contributed by atoms with E-state index >= 15 is 0 Å². The number of anilines is 1. The largest absolute Gasteiger partial charge is 0.338 e. The van der Waals surface area contributed by atoms with Crippen molar-refractivity contribution in [1.29, 1.82) is 0 Å². The van der Waals surface area contributed by atoms with Crippen LogP contribution in [0.1, 0.15) is 10.4 Å². The van der Waals surface area contributed by atoms with E-state index in [0.29, 0.717) is 22.6 Å². The van der Waals surface area contributed by atoms with Crippen LogP contribution in [0, 0.1) is 5.82 Å². The van der Waals surface area contributed by atoms with Gasteiger partial charge in [-0.25, -0.2) is 9.37 Å². The molecule has 0 fully saturated rings. The van der Waals surface area contributed by atoms with E-state index in [4.69, 9.17) is 0 Å². The molecule has 4 aromatic rings. The molecule has 0 saturated carbocycles. The molecule has 0 spiro atoms. The number of H-pyrrole nitrogens is 1. The van der Waals surface area contributed by atoms with Crippen LogP contribution in [0.4, 0.5) is 10.1 Å². The van der Waals surface area contributed by atoms with E-state index in [1.807, 2.05) is 30.3 Å². The van der Waals surface area contributed by atoms with Crippen LogP contribution < -0.4 is 5.32 Å². The number of aromatic nitrogens is 2. The highest BCUT2D eigenvalue weighted by Crippen LogP contribution is 2.23. The maximum absolute atomic E-state index is 13.4. The van der Waals surface area contributed by atoms with Crippen LogP contribution >= 0.6 is 0 Å². The number of aromatic amines is 1. The number of hydrogen-bond acceptors (Lipinski definition) is 2. The molecule has 4 nitrogen and oxygen atoms in total. The van der Waals surface area contributed by atoms with Crippen molar-refractivity contribution in [3.63, 3.8) is 0 Å². The molecule has 0 aliphatic rings. The van der Waals surface area contributed by atoms with Crippen molar-refractivity contribution in [2.24, 2.45) is 0 Å². The van der Waals surface area contributed by atoms with E-state index in [1.54, 1.807) is 30.3 Å². The maximum atomic E-state index is 13.4. The quantitative estimate of drug-likeness (QED) is 0.575. The van der Waals surface area contributed by atoms with E-state index < -0.39 is 0 Å². The Morgan fingerprint density at radius 1 is 0.960 bits per heavy atom. The summed E-state index contributed by atoms with van der Waals surface area (Å²) in [5.74, 6) is 0.0969. The number of halogens is 1. The minimum absolute atomic E-state index is 0.176. The van der Waals surface area contributed by atoms with Gasteiger partial charge in [-0.2, -0.15) is 0 Å². The summed E-state index contributed by atoms with van der Waals surface area (Å²) < 4.78 is 13.4. The Bertz CT molecular complexity index is 1060. The van der Waals surface area contributed by atoms with Crippen LogP contribution in [0.2, 0.25) is 0 Å². The first kappa shape index (κ1) is 15.1. The molecule has 2 N–H and O–H groups in total. The number of amides is 1. The smallest absolute Gasteiger partial charge is 0.255 e. The van der Waals surface area contributed by atoms with Gasteiger partial charge in [0.2, 0.25) is 0 Å². The van der Waals surface area contributed by atoms with Crippen LogP contribution in [0.15, 0.2) is 72.8 Å². The number of benzene rings is 3. The monoisotopic (exact) mass is 331 g/mol. The SMILES string of the molecule is O=C(Nc1ccc2nc(-c3cccc(F)c3)[nH]c2c1)c1ccccc1. The van der Waals surface area contributed by atoms with Crippen molar-refractivity contribution in [1.82, 2.24) is 9.97 Å². The van der Waals surface area contributed by atoms with Crippen molar-refractivity contribution in [2.45, 2.75) is 0 Å². The summed E-state index contributed by atoms with van der Waals surface area (Å²) in [5.41, 5.74) is 3.44. The van der Waals surface area contributed by atoms with Crippen LogP contribution in [-0.2, 0) is 0 Å². The van der Waals surface area contributed by atoms with Crippen molar-refractivity contribution in [3.8, 4) is 11.4 Å². The van der Waals surface area contributed by atoms with Gasteiger partial charge in [-0.3, -0.25) is 4.79 Å². The van der Waals surface area contributed by atoms with Crippen LogP contribution in [0.25, 0.3) is 22.4 Å². The molecule has 0 saturated heterocycles. The zero-order valence-corrected chi connectivity index (χ0v) is 13.2. The Kier molecular flexibility index (Phi) is 3.74. The Morgan fingerprint density at radius 3 is 2.60 bits per heavy atom. The molecule has 122 valence electrons. The van der Waals surface area contributed by atoms with Crippen LogP contribution in [0.5, 0.6) is 0 Å². The van der Waals surface area contributed by atoms with E-state index in [1.165, 1.54) is 12.1 Å². The minimum atomic E-state index is -0.311. The molecule has 1 heterocycles. The molecule has 0 atom stereocenters. The highest BCUT2D eigenvalue weighted by molar-refractivity contribution is 6.05. The van der Waals surface area contributed by atoms with Gasteiger partial charge in [0.25, 0.3) is 5.91 Å². The number of hydrogen-bond donors (Lipinski definition) is 2. The number of rotatable bonds is 3. The fraction of sp³-hybridized carbons (Fsp3) is 0. The molecule has 1 amide bonds. The Labute approximate surface area is 143 Å². The van der Waals surface area contributed by atoms with Crippen molar-refractivity contribution < 1.29 is 9.18 Å². The molecular weight excluding hydrogens is 317 g/mol. The number of nitrogens with one attached hydrogen (secondary N) is 2. The molecule has 4 rings (SSSR count). The first-order chi connectivity index (χ1) is 12.2. The molecule has 0 radical (unpaired) electrons. The van der Waals surface area contributed by atoms with Gasteiger partial charge in [0.05, 0.1) is 11.0 Å². The minimum Gasteiger partial charge on any atom is -0.338 e. The molecular formula is C20H14FN3O. The molecule has 5 heteroatoms. The second-order valence-electron chi connectivity index (χ2n) is 5.65. The summed E-state index contributed by atoms with van der Waals surface area (Å²) in [4.78, 5) is 19.9. The topological polar surface area (TPSA) is 57.8 Å². The summed E-state index contributed by atoms with van der Waals surface area (Å²) in [6, 6.07) is 20.7. The lowest BCUT2D eigenvalue weighted by Gasteiger charge is -2.04. The molecule has 0 aliphatic heterocycles. The lowest BCUT2D eigenvalue weighted by Crippen LogP contribution is -2.11. The normalized spacial score (nSPS) is 10.8. The third kappa shape index (κ3) is 3.12. The van der Waals surface area contributed by atoms with Gasteiger partial charge >= 0.3 is 0 Å². The second-order valence-corrected chi connectivity index (χ2v) is 5.65. The van der Waals surface area contributed by atoms with Crippen LogP contribution in [-0.4, -0.2) is 15.9 Å². The number of fused-ring (bicyclic) bond motifs is 1. The summed E-state index contributed by atoms with van der Waals surface area (Å²) >= 11 is 0. The van der Waals surface area contributed by atoms with E-state index in [2.05, 4.69) is 15.3 Å². The predicted octanol–water partition coefficient (Wildman–Crippen LogP) is 4.62. The summed E-state index contributed by atoms with van der Waals surface area (Å²) in [5, 5.41) is 2.86. The zero-order valence-electron chi connectivity index (χ0n) is 13.2. The number of nitrogens with zero attached hydrogens (tertiary/aromatic N) is 1. The first-order valence-electron chi connectivity index (χ1n) is 7.81. The molecule has 3 aromatic carbocycles. The average molecular weight is 331 g/mol. The summed E-state index contributed by atoms with van der Waals surface area (Å²) in [7, 11) is 0. The van der Waals surface area contributed by atoms with Gasteiger partial charge in [0.1, 0.15) is 11.6 Å². The number of imidazole rings is 1. The number of carbonyl (C=O) groups excluding carboxylic acids is 1. The van der Waals surface area contributed by atoms with Gasteiger partial charge in [0.15, 0.2) is 0 Å². The summed E-state index contributed by atoms with van der Waals surface area (Å²) in [6.07, 6.45) is 0. The zero-order chi connectivity index (χ0) is 17.2. The molecule has 25 heavy (non-hydrogen) atoms. The molecule has 0 unspecified atom stereocenters. The predicted molar refractivity (Wildman–Crippen MR) is 95.9 cm³/mol. The maximum Gasteiger partial charge on any atom is 0.255 e. The lowest BCUT2D eigenvalue weighted by molar-refractivity contribution is 0.102. The highest BCUT2D eigenvalue weighted by Gasteiger charge is 2.09. The molecule has 1 aromatic heterocycles. The first-order valence-corrected chi connectivity index (χ1v) is 7.81.